The van der Waals surface area contributed by atoms with Gasteiger partial charge in [0, 0.05) is 12.1 Å². The summed E-state index contributed by atoms with van der Waals surface area (Å²) in [5.74, 6) is -1.01. The Balaban J connectivity index is 1.82. The Bertz CT molecular complexity index is 890. The predicted octanol–water partition coefficient (Wildman–Crippen LogP) is 2.54. The van der Waals surface area contributed by atoms with Crippen molar-refractivity contribution in [3.63, 3.8) is 0 Å². The number of carbonyl (C=O) groups is 3. The zero-order chi connectivity index (χ0) is 19.6. The van der Waals surface area contributed by atoms with Gasteiger partial charge in [0.15, 0.2) is 0 Å². The van der Waals surface area contributed by atoms with Crippen LogP contribution >= 0.6 is 0 Å². The second-order valence-corrected chi connectivity index (χ2v) is 6.66. The Morgan fingerprint density at radius 3 is 2.33 bits per heavy atom. The molecule has 0 spiro atoms. The molecule has 3 rings (SSSR count). The summed E-state index contributed by atoms with van der Waals surface area (Å²) in [7, 11) is 1.35. The summed E-state index contributed by atoms with van der Waals surface area (Å²) >= 11 is 0. The molecule has 27 heavy (non-hydrogen) atoms. The van der Waals surface area contributed by atoms with Gasteiger partial charge in [0.2, 0.25) is 5.91 Å². The smallest absolute Gasteiger partial charge is 0.337 e. The van der Waals surface area contributed by atoms with Gasteiger partial charge >= 0.3 is 5.97 Å². The Hall–Kier alpha value is -3.15. The molecule has 0 saturated carbocycles. The summed E-state index contributed by atoms with van der Waals surface area (Å²) in [4.78, 5) is 37.4. The van der Waals surface area contributed by atoms with E-state index in [2.05, 4.69) is 0 Å². The molecule has 0 unspecified atom stereocenters. The molecule has 140 valence electrons. The minimum absolute atomic E-state index is 0.180. The van der Waals surface area contributed by atoms with Crippen LogP contribution in [0.4, 0.5) is 0 Å². The van der Waals surface area contributed by atoms with Gasteiger partial charge in [-0.2, -0.15) is 0 Å². The largest absolute Gasteiger partial charge is 0.465 e. The highest BCUT2D eigenvalue weighted by Gasteiger charge is 2.33. The highest BCUT2D eigenvalue weighted by molar-refractivity contribution is 5.98. The molecule has 2 amide bonds. The van der Waals surface area contributed by atoms with Crippen LogP contribution in [0.15, 0.2) is 42.5 Å². The van der Waals surface area contributed by atoms with Crippen LogP contribution in [-0.2, 0) is 9.53 Å². The Kier molecular flexibility index (Phi) is 5.26. The lowest BCUT2D eigenvalue weighted by molar-refractivity contribution is -0.121. The van der Waals surface area contributed by atoms with E-state index >= 15 is 0 Å². The molecule has 0 radical (unpaired) electrons. The van der Waals surface area contributed by atoms with E-state index in [0.29, 0.717) is 24.1 Å². The molecular formula is C21H22N2O4. The molecule has 1 saturated heterocycles. The number of hydrogen-bond acceptors (Lipinski definition) is 4. The summed E-state index contributed by atoms with van der Waals surface area (Å²) in [5.41, 5.74) is 9.26. The second kappa shape index (κ2) is 7.61. The number of amides is 2. The third-order valence-electron chi connectivity index (χ3n) is 4.93. The molecule has 0 aromatic heterocycles. The molecular weight excluding hydrogens is 344 g/mol. The fraction of sp³-hybridized carbons (Fsp3) is 0.286. The van der Waals surface area contributed by atoms with E-state index in [4.69, 9.17) is 10.5 Å². The molecule has 1 aliphatic heterocycles. The maximum Gasteiger partial charge on any atom is 0.337 e. The standard InChI is InChI=1S/C21H22N2O4/c1-13-12-16(21(26)27-2)9-10-17(13)14-5-7-15(8-6-14)20(25)23-11-3-4-18(23)19(22)24/h5-10,12,18H,3-4,11H2,1-2H3,(H2,22,24)/t18-/m0/s1. The van der Waals surface area contributed by atoms with Gasteiger partial charge in [-0.25, -0.2) is 4.79 Å². The van der Waals surface area contributed by atoms with Crippen LogP contribution in [0.5, 0.6) is 0 Å². The molecule has 2 aromatic rings. The molecule has 0 aliphatic carbocycles. The van der Waals surface area contributed by atoms with Crippen LogP contribution in [0.2, 0.25) is 0 Å². The van der Waals surface area contributed by atoms with Crippen LogP contribution in [-0.4, -0.2) is 42.4 Å². The zero-order valence-electron chi connectivity index (χ0n) is 15.4. The van der Waals surface area contributed by atoms with E-state index < -0.39 is 11.9 Å². The number of carbonyl (C=O) groups excluding carboxylic acids is 3. The number of aryl methyl sites for hydroxylation is 1. The number of benzene rings is 2. The lowest BCUT2D eigenvalue weighted by Crippen LogP contribution is -2.43. The van der Waals surface area contributed by atoms with Crippen molar-refractivity contribution in [2.75, 3.05) is 13.7 Å². The van der Waals surface area contributed by atoms with Crippen LogP contribution in [0, 0.1) is 6.92 Å². The average molecular weight is 366 g/mol. The topological polar surface area (TPSA) is 89.7 Å². The average Bonchev–Trinajstić information content (AvgIpc) is 3.17. The predicted molar refractivity (Wildman–Crippen MR) is 101 cm³/mol. The summed E-state index contributed by atoms with van der Waals surface area (Å²) in [6.07, 6.45) is 1.40. The van der Waals surface area contributed by atoms with Gasteiger partial charge in [-0.3, -0.25) is 9.59 Å². The van der Waals surface area contributed by atoms with E-state index in [0.717, 1.165) is 23.1 Å². The first-order valence-corrected chi connectivity index (χ1v) is 8.82. The summed E-state index contributed by atoms with van der Waals surface area (Å²) < 4.78 is 4.74. The molecule has 6 nitrogen and oxygen atoms in total. The molecule has 6 heteroatoms. The minimum Gasteiger partial charge on any atom is -0.465 e. The normalized spacial score (nSPS) is 16.2. The molecule has 1 atom stereocenters. The summed E-state index contributed by atoms with van der Waals surface area (Å²) in [5, 5.41) is 0. The lowest BCUT2D eigenvalue weighted by Gasteiger charge is -2.22. The summed E-state index contributed by atoms with van der Waals surface area (Å²) in [6.45, 7) is 2.46. The number of esters is 1. The lowest BCUT2D eigenvalue weighted by atomic mass is 9.97. The number of methoxy groups -OCH3 is 1. The second-order valence-electron chi connectivity index (χ2n) is 6.66. The number of nitrogens with two attached hydrogens (primary N) is 1. The highest BCUT2D eigenvalue weighted by atomic mass is 16.5. The van der Waals surface area contributed by atoms with Crippen molar-refractivity contribution in [2.45, 2.75) is 25.8 Å². The van der Waals surface area contributed by atoms with E-state index in [-0.39, 0.29) is 11.9 Å². The monoisotopic (exact) mass is 366 g/mol. The zero-order valence-corrected chi connectivity index (χ0v) is 15.4. The third kappa shape index (κ3) is 3.69. The van der Waals surface area contributed by atoms with Crippen LogP contribution in [0.1, 0.15) is 39.1 Å². The minimum atomic E-state index is -0.523. The van der Waals surface area contributed by atoms with Gasteiger partial charge < -0.3 is 15.4 Å². The van der Waals surface area contributed by atoms with E-state index in [1.807, 2.05) is 25.1 Å². The maximum absolute atomic E-state index is 12.7. The maximum atomic E-state index is 12.7. The van der Waals surface area contributed by atoms with Gasteiger partial charge in [-0.1, -0.05) is 18.2 Å². The fourth-order valence-corrected chi connectivity index (χ4v) is 3.50. The van der Waals surface area contributed by atoms with Crippen LogP contribution in [0.25, 0.3) is 11.1 Å². The molecule has 1 heterocycles. The first kappa shape index (κ1) is 18.6. The number of nitrogens with zero attached hydrogens (tertiary/aromatic N) is 1. The summed E-state index contributed by atoms with van der Waals surface area (Å²) in [6, 6.07) is 12.1. The van der Waals surface area contributed by atoms with Crippen LogP contribution in [0.3, 0.4) is 0 Å². The molecule has 1 aliphatic rings. The number of ether oxygens (including phenoxy) is 1. The molecule has 2 aromatic carbocycles. The van der Waals surface area contributed by atoms with Crippen molar-refractivity contribution < 1.29 is 19.1 Å². The quantitative estimate of drug-likeness (QED) is 0.842. The van der Waals surface area contributed by atoms with Gasteiger partial charge in [0.1, 0.15) is 6.04 Å². The van der Waals surface area contributed by atoms with Crippen molar-refractivity contribution in [2.24, 2.45) is 5.73 Å². The number of likely N-dealkylation sites (tertiary alicyclic amines) is 1. The Labute approximate surface area is 157 Å². The number of rotatable bonds is 4. The van der Waals surface area contributed by atoms with E-state index in [9.17, 15) is 14.4 Å². The van der Waals surface area contributed by atoms with Crippen molar-refractivity contribution in [3.05, 3.63) is 59.2 Å². The first-order valence-electron chi connectivity index (χ1n) is 8.82. The Morgan fingerprint density at radius 1 is 1.07 bits per heavy atom. The molecule has 0 bridgehead atoms. The van der Waals surface area contributed by atoms with Crippen molar-refractivity contribution in [3.8, 4) is 11.1 Å². The van der Waals surface area contributed by atoms with E-state index in [1.54, 1.807) is 29.2 Å². The van der Waals surface area contributed by atoms with Gasteiger partial charge in [0.25, 0.3) is 5.91 Å². The number of primary amides is 1. The highest BCUT2D eigenvalue weighted by Crippen LogP contribution is 2.26. The van der Waals surface area contributed by atoms with Crippen molar-refractivity contribution in [1.29, 1.82) is 0 Å². The molecule has 2 N–H and O–H groups in total. The van der Waals surface area contributed by atoms with Crippen LogP contribution < -0.4 is 5.73 Å². The van der Waals surface area contributed by atoms with Crippen molar-refractivity contribution in [1.82, 2.24) is 4.90 Å². The van der Waals surface area contributed by atoms with Gasteiger partial charge in [0.05, 0.1) is 12.7 Å². The SMILES string of the molecule is COC(=O)c1ccc(-c2ccc(C(=O)N3CCC[C@H]3C(N)=O)cc2)c(C)c1. The Morgan fingerprint density at radius 2 is 1.74 bits per heavy atom. The van der Waals surface area contributed by atoms with Gasteiger partial charge in [-0.15, -0.1) is 0 Å². The van der Waals surface area contributed by atoms with E-state index in [1.165, 1.54) is 7.11 Å². The van der Waals surface area contributed by atoms with Gasteiger partial charge in [-0.05, 0) is 60.7 Å². The first-order chi connectivity index (χ1) is 12.9. The van der Waals surface area contributed by atoms with Crippen molar-refractivity contribution >= 4 is 17.8 Å². The number of hydrogen-bond donors (Lipinski definition) is 1. The molecule has 1 fully saturated rings. The fourth-order valence-electron chi connectivity index (χ4n) is 3.50. The third-order valence-corrected chi connectivity index (χ3v) is 4.93.